The molecule has 0 amide bonds. The van der Waals surface area contributed by atoms with Crippen LogP contribution in [0.4, 0.5) is 0 Å². The molecule has 0 spiro atoms. The van der Waals surface area contributed by atoms with Crippen molar-refractivity contribution in [1.29, 1.82) is 0 Å². The van der Waals surface area contributed by atoms with Crippen LogP contribution in [0.2, 0.25) is 5.28 Å². The maximum Gasteiger partial charge on any atom is 0.456 e. The highest BCUT2D eigenvalue weighted by Crippen LogP contribution is 2.29. The van der Waals surface area contributed by atoms with E-state index in [-0.39, 0.29) is 0 Å². The lowest BCUT2D eigenvalue weighted by atomic mass is 9.88. The molecular weight excluding hydrogens is 283 g/mol. The molecule has 0 atom stereocenters. The average Bonchev–Trinajstić information content (AvgIpc) is 2.03. The first-order valence-electron chi connectivity index (χ1n) is 4.57. The van der Waals surface area contributed by atoms with E-state index < -0.39 is 10.5 Å². The SMILES string of the molecule is [Br][Al]([Br])[CH2]CC1CCCCC1. The Morgan fingerprint density at radius 3 is 2.27 bits per heavy atom. The standard InChI is InChI=1S/C8H15.Al.2BrH/c1-2-8-6-4-3-5-7-8;;;/h8H,1-7H2;;2*1H/q;+2;;/p-2. The first-order chi connectivity index (χ1) is 5.29. The molecule has 0 nitrogen and oxygen atoms in total. The van der Waals surface area contributed by atoms with Gasteiger partial charge >= 0.3 is 10.5 Å². The van der Waals surface area contributed by atoms with Gasteiger partial charge in [0.2, 0.25) is 0 Å². The Balaban J connectivity index is 2.05. The zero-order valence-electron chi connectivity index (χ0n) is 6.86. The van der Waals surface area contributed by atoms with Crippen molar-refractivity contribution in [3.63, 3.8) is 0 Å². The van der Waals surface area contributed by atoms with Crippen LogP contribution in [0.5, 0.6) is 0 Å². The summed E-state index contributed by atoms with van der Waals surface area (Å²) in [5.41, 5.74) is 0. The van der Waals surface area contributed by atoms with E-state index in [2.05, 4.69) is 28.1 Å². The van der Waals surface area contributed by atoms with Gasteiger partial charge in [0.15, 0.2) is 0 Å². The molecule has 0 aliphatic heterocycles. The van der Waals surface area contributed by atoms with E-state index in [0.717, 1.165) is 5.92 Å². The third kappa shape index (κ3) is 4.93. The van der Waals surface area contributed by atoms with Gasteiger partial charge in [-0.05, 0) is 5.92 Å². The van der Waals surface area contributed by atoms with Gasteiger partial charge in [-0.2, -0.15) is 28.1 Å². The fourth-order valence-corrected chi connectivity index (χ4v) is 4.15. The maximum absolute atomic E-state index is 3.66. The predicted octanol–water partition coefficient (Wildman–Crippen LogP) is 4.23. The lowest BCUT2D eigenvalue weighted by molar-refractivity contribution is 0.349. The Bertz CT molecular complexity index is 100. The predicted molar refractivity (Wildman–Crippen MR) is 59.6 cm³/mol. The van der Waals surface area contributed by atoms with Gasteiger partial charge < -0.3 is 0 Å². The van der Waals surface area contributed by atoms with Crippen LogP contribution in [-0.4, -0.2) is 10.5 Å². The summed E-state index contributed by atoms with van der Waals surface area (Å²) in [4.78, 5) is 0. The number of rotatable bonds is 3. The first kappa shape index (κ1) is 10.6. The van der Waals surface area contributed by atoms with Gasteiger partial charge in [0, 0.05) is 0 Å². The van der Waals surface area contributed by atoms with Crippen LogP contribution >= 0.6 is 28.1 Å². The quantitative estimate of drug-likeness (QED) is 0.684. The van der Waals surface area contributed by atoms with Crippen molar-refractivity contribution in [2.45, 2.75) is 43.8 Å². The van der Waals surface area contributed by atoms with Crippen LogP contribution in [0.3, 0.4) is 0 Å². The molecule has 1 aliphatic rings. The van der Waals surface area contributed by atoms with E-state index in [1.165, 1.54) is 43.8 Å². The van der Waals surface area contributed by atoms with E-state index in [0.29, 0.717) is 0 Å². The Morgan fingerprint density at radius 1 is 1.09 bits per heavy atom. The molecule has 1 saturated carbocycles. The molecule has 0 aromatic rings. The van der Waals surface area contributed by atoms with Crippen LogP contribution in [0, 0.1) is 5.92 Å². The highest BCUT2D eigenvalue weighted by atomic mass is 79.9. The molecule has 0 aromatic carbocycles. The lowest BCUT2D eigenvalue weighted by Crippen LogP contribution is -2.07. The van der Waals surface area contributed by atoms with Crippen LogP contribution in [-0.2, 0) is 0 Å². The van der Waals surface area contributed by atoms with E-state index >= 15 is 0 Å². The third-order valence-electron chi connectivity index (χ3n) is 2.52. The molecule has 0 radical (unpaired) electrons. The minimum absolute atomic E-state index is 0.616. The van der Waals surface area contributed by atoms with Crippen molar-refractivity contribution >= 4 is 38.6 Å². The van der Waals surface area contributed by atoms with Crippen molar-refractivity contribution in [2.75, 3.05) is 0 Å². The summed E-state index contributed by atoms with van der Waals surface area (Å²) in [6.07, 6.45) is 8.93. The molecule has 64 valence electrons. The molecule has 0 N–H and O–H groups in total. The van der Waals surface area contributed by atoms with Crippen molar-refractivity contribution in [1.82, 2.24) is 0 Å². The minimum Gasteiger partial charge on any atom is -0.197 e. The fourth-order valence-electron chi connectivity index (χ4n) is 1.84. The highest BCUT2D eigenvalue weighted by Gasteiger charge is 2.16. The Morgan fingerprint density at radius 2 is 1.73 bits per heavy atom. The molecule has 0 aromatic heterocycles. The second-order valence-corrected chi connectivity index (χ2v) is 15.2. The van der Waals surface area contributed by atoms with Gasteiger partial charge in [0.25, 0.3) is 0 Å². The molecule has 0 unspecified atom stereocenters. The normalized spacial score (nSPS) is 20.2. The molecule has 11 heavy (non-hydrogen) atoms. The van der Waals surface area contributed by atoms with E-state index in [1.807, 2.05) is 0 Å². The summed E-state index contributed by atoms with van der Waals surface area (Å²) in [6.45, 7) is 0. The van der Waals surface area contributed by atoms with E-state index in [1.54, 1.807) is 0 Å². The minimum atomic E-state index is -0.616. The molecule has 0 heterocycles. The van der Waals surface area contributed by atoms with E-state index in [9.17, 15) is 0 Å². The second-order valence-electron chi connectivity index (χ2n) is 3.47. The second kappa shape index (κ2) is 6.02. The van der Waals surface area contributed by atoms with Crippen molar-refractivity contribution < 1.29 is 0 Å². The topological polar surface area (TPSA) is 0 Å². The summed E-state index contributed by atoms with van der Waals surface area (Å²) in [5.74, 6) is 1.06. The third-order valence-corrected chi connectivity index (χ3v) is 6.03. The van der Waals surface area contributed by atoms with Crippen molar-refractivity contribution in [2.24, 2.45) is 5.92 Å². The number of halogens is 2. The van der Waals surface area contributed by atoms with Gasteiger partial charge in [-0.15, -0.1) is 0 Å². The summed E-state index contributed by atoms with van der Waals surface area (Å²) in [7, 11) is -0.616. The average molecular weight is 298 g/mol. The highest BCUT2D eigenvalue weighted by molar-refractivity contribution is 9.49. The smallest absolute Gasteiger partial charge is 0.197 e. The molecule has 1 aliphatic carbocycles. The zero-order valence-corrected chi connectivity index (χ0v) is 11.2. The summed E-state index contributed by atoms with van der Waals surface area (Å²) >= 11 is 7.31. The Hall–Kier alpha value is 1.49. The summed E-state index contributed by atoms with van der Waals surface area (Å²) < 4.78 is 0. The maximum atomic E-state index is 3.66. The van der Waals surface area contributed by atoms with Gasteiger partial charge in [0.1, 0.15) is 0 Å². The summed E-state index contributed by atoms with van der Waals surface area (Å²) in [6, 6.07) is 0. The Kier molecular flexibility index (Phi) is 5.79. The summed E-state index contributed by atoms with van der Waals surface area (Å²) in [5, 5.41) is 1.42. The molecule has 0 saturated heterocycles. The number of hydrogen-bond donors (Lipinski definition) is 0. The molecule has 1 rings (SSSR count). The van der Waals surface area contributed by atoms with Crippen LogP contribution in [0.1, 0.15) is 38.5 Å². The monoisotopic (exact) mass is 296 g/mol. The van der Waals surface area contributed by atoms with Gasteiger partial charge in [-0.3, -0.25) is 0 Å². The van der Waals surface area contributed by atoms with Gasteiger partial charge in [-0.25, -0.2) is 0 Å². The first-order valence-corrected chi connectivity index (χ1v) is 11.8. The fraction of sp³-hybridized carbons (Fsp3) is 1.00. The molecule has 3 heteroatoms. The number of hydrogen-bond acceptors (Lipinski definition) is 0. The van der Waals surface area contributed by atoms with Crippen LogP contribution in [0.15, 0.2) is 0 Å². The van der Waals surface area contributed by atoms with Gasteiger partial charge in [0.05, 0.1) is 0 Å². The lowest BCUT2D eigenvalue weighted by Gasteiger charge is -2.21. The molecule has 0 bridgehead atoms. The molecule has 1 fully saturated rings. The van der Waals surface area contributed by atoms with E-state index in [4.69, 9.17) is 0 Å². The van der Waals surface area contributed by atoms with Crippen molar-refractivity contribution in [3.05, 3.63) is 0 Å². The van der Waals surface area contributed by atoms with Crippen molar-refractivity contribution in [3.8, 4) is 0 Å². The van der Waals surface area contributed by atoms with Crippen LogP contribution < -0.4 is 0 Å². The molecular formula is C8H15AlBr2. The van der Waals surface area contributed by atoms with Crippen LogP contribution in [0.25, 0.3) is 0 Å². The largest absolute Gasteiger partial charge is 0.456 e. The Labute approximate surface area is 87.8 Å². The van der Waals surface area contributed by atoms with Gasteiger partial charge in [-0.1, -0.05) is 43.8 Å². The zero-order chi connectivity index (χ0) is 8.10.